The van der Waals surface area contributed by atoms with Crippen molar-refractivity contribution in [3.05, 3.63) is 35.4 Å². The van der Waals surface area contributed by atoms with Gasteiger partial charge in [0.25, 0.3) is 0 Å². The molecule has 0 unspecified atom stereocenters. The van der Waals surface area contributed by atoms with Crippen LogP contribution in [-0.2, 0) is 16.1 Å². The van der Waals surface area contributed by atoms with Gasteiger partial charge in [0.05, 0.1) is 0 Å². The topological polar surface area (TPSA) is 49.4 Å². The number of benzene rings is 1. The Bertz CT molecular complexity index is 485. The van der Waals surface area contributed by atoms with Gasteiger partial charge < -0.3 is 10.2 Å². The number of hydrogen-bond donors (Lipinski definition) is 1. The van der Waals surface area contributed by atoms with Crippen molar-refractivity contribution in [2.75, 3.05) is 6.54 Å². The number of nitrogens with zero attached hydrogens (tertiary/aromatic N) is 1. The maximum Gasteiger partial charge on any atom is 0.242 e. The number of aryl methyl sites for hydroxylation is 1. The molecule has 0 saturated heterocycles. The molecule has 0 aliphatic heterocycles. The third-order valence-corrected chi connectivity index (χ3v) is 3.47. The average Bonchev–Trinajstić information content (AvgIpc) is 2.46. The van der Waals surface area contributed by atoms with Gasteiger partial charge >= 0.3 is 0 Å². The van der Waals surface area contributed by atoms with E-state index in [1.807, 2.05) is 45.9 Å². The molecule has 0 bridgehead atoms. The van der Waals surface area contributed by atoms with Crippen LogP contribution in [0.25, 0.3) is 0 Å². The molecule has 2 amide bonds. The lowest BCUT2D eigenvalue weighted by Crippen LogP contribution is -2.48. The van der Waals surface area contributed by atoms with Crippen LogP contribution < -0.4 is 5.32 Å². The molecule has 0 fully saturated rings. The first-order valence-electron chi connectivity index (χ1n) is 7.66. The predicted molar refractivity (Wildman–Crippen MR) is 84.8 cm³/mol. The Labute approximate surface area is 127 Å². The number of carbonyl (C=O) groups excluding carboxylic acids is 2. The zero-order valence-corrected chi connectivity index (χ0v) is 13.5. The number of rotatable bonds is 7. The quantitative estimate of drug-likeness (QED) is 0.839. The summed E-state index contributed by atoms with van der Waals surface area (Å²) in [6.45, 7) is 8.73. The number of nitrogens with one attached hydrogen (secondary N) is 1. The van der Waals surface area contributed by atoms with Gasteiger partial charge in [-0.1, -0.05) is 43.7 Å². The summed E-state index contributed by atoms with van der Waals surface area (Å²) in [5.41, 5.74) is 2.21. The molecule has 4 heteroatoms. The third kappa shape index (κ3) is 4.88. The predicted octanol–water partition coefficient (Wildman–Crippen LogP) is 2.65. The summed E-state index contributed by atoms with van der Waals surface area (Å²) < 4.78 is 0. The molecular formula is C17H26N2O2. The van der Waals surface area contributed by atoms with Crippen molar-refractivity contribution in [1.82, 2.24) is 10.2 Å². The Morgan fingerprint density at radius 3 is 2.48 bits per heavy atom. The molecule has 0 aromatic heterocycles. The Hall–Kier alpha value is -1.84. The van der Waals surface area contributed by atoms with E-state index in [2.05, 4.69) is 11.4 Å². The number of hydrogen-bond acceptors (Lipinski definition) is 2. The lowest BCUT2D eigenvalue weighted by molar-refractivity contribution is -0.141. The highest BCUT2D eigenvalue weighted by atomic mass is 16.2. The van der Waals surface area contributed by atoms with E-state index in [9.17, 15) is 9.59 Å². The molecule has 0 aliphatic rings. The molecule has 0 spiro atoms. The highest BCUT2D eigenvalue weighted by Gasteiger charge is 2.27. The molecule has 116 valence electrons. The van der Waals surface area contributed by atoms with E-state index in [1.54, 1.807) is 4.90 Å². The summed E-state index contributed by atoms with van der Waals surface area (Å²) in [5.74, 6) is -0.0657. The summed E-state index contributed by atoms with van der Waals surface area (Å²) >= 11 is 0. The molecule has 1 rings (SSSR count). The largest absolute Gasteiger partial charge is 0.355 e. The summed E-state index contributed by atoms with van der Waals surface area (Å²) in [6, 6.07) is 7.65. The number of carbonyl (C=O) groups is 2. The van der Waals surface area contributed by atoms with Crippen LogP contribution in [0.5, 0.6) is 0 Å². The number of likely N-dealkylation sites (N-methyl/N-ethyl adjacent to an activating group) is 1. The summed E-state index contributed by atoms with van der Waals surface area (Å²) in [4.78, 5) is 26.1. The Morgan fingerprint density at radius 1 is 1.24 bits per heavy atom. The maximum atomic E-state index is 12.3. The van der Waals surface area contributed by atoms with Gasteiger partial charge in [0.2, 0.25) is 11.8 Å². The van der Waals surface area contributed by atoms with Gasteiger partial charge in [-0.3, -0.25) is 9.59 Å². The van der Waals surface area contributed by atoms with Crippen LogP contribution in [0.2, 0.25) is 0 Å². The van der Waals surface area contributed by atoms with Crippen LogP contribution in [0.15, 0.2) is 24.3 Å². The average molecular weight is 290 g/mol. The minimum Gasteiger partial charge on any atom is -0.355 e. The molecule has 0 heterocycles. The second-order valence-electron chi connectivity index (χ2n) is 5.18. The lowest BCUT2D eigenvalue weighted by atomic mass is 10.1. The van der Waals surface area contributed by atoms with Gasteiger partial charge in [0.1, 0.15) is 6.04 Å². The minimum absolute atomic E-state index is 0.00890. The molecule has 0 aliphatic carbocycles. The first-order valence-corrected chi connectivity index (χ1v) is 7.66. The molecular weight excluding hydrogens is 264 g/mol. The molecule has 1 aromatic rings. The molecule has 0 saturated carbocycles. The highest BCUT2D eigenvalue weighted by molar-refractivity contribution is 5.87. The fourth-order valence-electron chi connectivity index (χ4n) is 2.42. The van der Waals surface area contributed by atoms with E-state index in [0.29, 0.717) is 25.9 Å². The van der Waals surface area contributed by atoms with E-state index in [1.165, 1.54) is 0 Å². The van der Waals surface area contributed by atoms with Crippen molar-refractivity contribution in [2.24, 2.45) is 0 Å². The summed E-state index contributed by atoms with van der Waals surface area (Å²) in [6.07, 6.45) is 1.02. The van der Waals surface area contributed by atoms with Crippen LogP contribution in [0.3, 0.4) is 0 Å². The number of amides is 2. The van der Waals surface area contributed by atoms with Gasteiger partial charge in [-0.2, -0.15) is 0 Å². The maximum absolute atomic E-state index is 12.3. The first kappa shape index (κ1) is 17.2. The highest BCUT2D eigenvalue weighted by Crippen LogP contribution is 2.14. The van der Waals surface area contributed by atoms with Crippen molar-refractivity contribution in [3.63, 3.8) is 0 Å². The van der Waals surface area contributed by atoms with Crippen LogP contribution >= 0.6 is 0 Å². The molecule has 21 heavy (non-hydrogen) atoms. The summed E-state index contributed by atoms with van der Waals surface area (Å²) in [7, 11) is 0. The normalized spacial score (nSPS) is 11.8. The van der Waals surface area contributed by atoms with E-state index < -0.39 is 6.04 Å². The third-order valence-electron chi connectivity index (χ3n) is 3.47. The van der Waals surface area contributed by atoms with E-state index in [0.717, 1.165) is 11.1 Å². The Kier molecular flexibility index (Phi) is 6.92. The molecule has 0 radical (unpaired) electrons. The zero-order chi connectivity index (χ0) is 15.8. The fraction of sp³-hybridized carbons (Fsp3) is 0.529. The summed E-state index contributed by atoms with van der Waals surface area (Å²) in [5, 5.41) is 2.82. The molecule has 1 N–H and O–H groups in total. The smallest absolute Gasteiger partial charge is 0.242 e. The van der Waals surface area contributed by atoms with Gasteiger partial charge in [-0.25, -0.2) is 0 Å². The van der Waals surface area contributed by atoms with Gasteiger partial charge in [0, 0.05) is 19.5 Å². The van der Waals surface area contributed by atoms with E-state index >= 15 is 0 Å². The standard InChI is InChI=1S/C17H26N2O2/c1-5-15(17(21)18-7-3)19(16(20)6-2)12-14-10-8-9-13(4)11-14/h8-11,15H,5-7,12H2,1-4H3,(H,18,21)/t15-/m0/s1. The van der Waals surface area contributed by atoms with Crippen LogP contribution in [-0.4, -0.2) is 29.3 Å². The SMILES string of the molecule is CCNC(=O)[C@H](CC)N(Cc1cccc(C)c1)C(=O)CC. The van der Waals surface area contributed by atoms with Crippen molar-refractivity contribution >= 4 is 11.8 Å². The van der Waals surface area contributed by atoms with Gasteiger partial charge in [-0.15, -0.1) is 0 Å². The molecule has 1 aromatic carbocycles. The minimum atomic E-state index is -0.405. The van der Waals surface area contributed by atoms with Crippen molar-refractivity contribution in [2.45, 2.75) is 53.1 Å². The Morgan fingerprint density at radius 2 is 1.95 bits per heavy atom. The van der Waals surface area contributed by atoms with Gasteiger partial charge in [0.15, 0.2) is 0 Å². The van der Waals surface area contributed by atoms with Crippen LogP contribution in [0.4, 0.5) is 0 Å². The molecule has 4 nitrogen and oxygen atoms in total. The van der Waals surface area contributed by atoms with Crippen LogP contribution in [0, 0.1) is 6.92 Å². The second-order valence-corrected chi connectivity index (χ2v) is 5.18. The van der Waals surface area contributed by atoms with E-state index in [4.69, 9.17) is 0 Å². The van der Waals surface area contributed by atoms with Crippen molar-refractivity contribution < 1.29 is 9.59 Å². The first-order chi connectivity index (χ1) is 10.0. The van der Waals surface area contributed by atoms with Crippen molar-refractivity contribution in [3.8, 4) is 0 Å². The van der Waals surface area contributed by atoms with Crippen LogP contribution in [0.1, 0.15) is 44.7 Å². The fourth-order valence-corrected chi connectivity index (χ4v) is 2.42. The van der Waals surface area contributed by atoms with E-state index in [-0.39, 0.29) is 11.8 Å². The molecule has 1 atom stereocenters. The monoisotopic (exact) mass is 290 g/mol. The zero-order valence-electron chi connectivity index (χ0n) is 13.5. The lowest BCUT2D eigenvalue weighted by Gasteiger charge is -2.30. The second kappa shape index (κ2) is 8.45. The van der Waals surface area contributed by atoms with Gasteiger partial charge in [-0.05, 0) is 25.8 Å². The Balaban J connectivity index is 2.98. The van der Waals surface area contributed by atoms with Crippen molar-refractivity contribution in [1.29, 1.82) is 0 Å².